The van der Waals surface area contributed by atoms with Crippen LogP contribution in [0.4, 0.5) is 11.4 Å². The van der Waals surface area contributed by atoms with E-state index in [9.17, 15) is 9.59 Å². The van der Waals surface area contributed by atoms with Gasteiger partial charge in [-0.05, 0) is 40.6 Å². The first kappa shape index (κ1) is 26.4. The summed E-state index contributed by atoms with van der Waals surface area (Å²) in [6.45, 7) is 10.7. The fraction of sp³-hybridized carbons (Fsp3) is 0.379. The number of nitrogens with one attached hydrogen (secondary N) is 1. The molecule has 1 heterocycles. The number of methoxy groups -OCH3 is 1. The molecule has 8 heteroatoms. The van der Waals surface area contributed by atoms with E-state index in [0.29, 0.717) is 40.4 Å². The molecule has 37 heavy (non-hydrogen) atoms. The van der Waals surface area contributed by atoms with Gasteiger partial charge in [0.05, 0.1) is 31.7 Å². The Bertz CT molecular complexity index is 1290. The highest BCUT2D eigenvalue weighted by atomic mass is 16.5. The molecule has 1 aliphatic rings. The molecule has 3 N–H and O–H groups in total. The standard InChI is InChI=1S/C29H35N3O5/c1-29(2,3)19-17-23(30)27(35-4)24(18-19)31-28(34)26(33)22-9-10-25(21-8-6-5-7-20(21)22)37-16-13-32-11-14-36-15-12-32/h5-10,17-18H,11-16,30H2,1-4H3,(H,31,34). The fourth-order valence-corrected chi connectivity index (χ4v) is 4.41. The maximum atomic E-state index is 13.3. The Morgan fingerprint density at radius 2 is 1.76 bits per heavy atom. The van der Waals surface area contributed by atoms with Crippen LogP contribution in [0.5, 0.6) is 11.5 Å². The summed E-state index contributed by atoms with van der Waals surface area (Å²) in [6.07, 6.45) is 0. The van der Waals surface area contributed by atoms with E-state index < -0.39 is 11.7 Å². The highest BCUT2D eigenvalue weighted by Crippen LogP contribution is 2.37. The Morgan fingerprint density at radius 3 is 2.43 bits per heavy atom. The van der Waals surface area contributed by atoms with Gasteiger partial charge in [-0.15, -0.1) is 0 Å². The number of Topliss-reactive ketones (excluding diaryl/α,β-unsaturated/α-hetero) is 1. The van der Waals surface area contributed by atoms with Gasteiger partial charge < -0.3 is 25.3 Å². The molecule has 0 atom stereocenters. The molecule has 0 radical (unpaired) electrons. The van der Waals surface area contributed by atoms with Gasteiger partial charge in [0.2, 0.25) is 0 Å². The molecule has 3 aromatic carbocycles. The number of amides is 1. The fourth-order valence-electron chi connectivity index (χ4n) is 4.41. The Morgan fingerprint density at radius 1 is 1.05 bits per heavy atom. The average molecular weight is 506 g/mol. The number of morpholine rings is 1. The second-order valence-electron chi connectivity index (χ2n) is 10.1. The SMILES string of the molecule is COc1c(N)cc(C(C)(C)C)cc1NC(=O)C(=O)c1ccc(OCCN2CCOCC2)c2ccccc12. The molecule has 8 nitrogen and oxygen atoms in total. The van der Waals surface area contributed by atoms with E-state index in [1.807, 2.05) is 51.1 Å². The molecule has 1 fully saturated rings. The Kier molecular flexibility index (Phi) is 8.00. The van der Waals surface area contributed by atoms with Crippen molar-refractivity contribution in [1.29, 1.82) is 0 Å². The number of hydrogen-bond acceptors (Lipinski definition) is 7. The minimum absolute atomic E-state index is 0.211. The van der Waals surface area contributed by atoms with E-state index in [2.05, 4.69) is 10.2 Å². The first-order valence-corrected chi connectivity index (χ1v) is 12.5. The average Bonchev–Trinajstić information content (AvgIpc) is 2.88. The molecule has 1 saturated heterocycles. The van der Waals surface area contributed by atoms with Crippen LogP contribution in [0.15, 0.2) is 48.5 Å². The van der Waals surface area contributed by atoms with Gasteiger partial charge >= 0.3 is 0 Å². The topological polar surface area (TPSA) is 103 Å². The van der Waals surface area contributed by atoms with Crippen LogP contribution in [0.25, 0.3) is 10.8 Å². The van der Waals surface area contributed by atoms with Crippen molar-refractivity contribution in [3.8, 4) is 11.5 Å². The number of rotatable bonds is 8. The van der Waals surface area contributed by atoms with Crippen molar-refractivity contribution in [1.82, 2.24) is 4.90 Å². The molecule has 0 aliphatic carbocycles. The molecule has 3 aromatic rings. The number of hydrogen-bond donors (Lipinski definition) is 2. The number of carbonyl (C=O) groups is 2. The van der Waals surface area contributed by atoms with Crippen LogP contribution in [-0.2, 0) is 14.9 Å². The highest BCUT2D eigenvalue weighted by molar-refractivity contribution is 6.48. The summed E-state index contributed by atoms with van der Waals surface area (Å²) in [5.74, 6) is -0.427. The predicted molar refractivity (Wildman–Crippen MR) is 146 cm³/mol. The van der Waals surface area contributed by atoms with Crippen LogP contribution in [0, 0.1) is 0 Å². The zero-order valence-corrected chi connectivity index (χ0v) is 21.9. The lowest BCUT2D eigenvalue weighted by molar-refractivity contribution is -0.112. The first-order valence-electron chi connectivity index (χ1n) is 12.5. The molecule has 0 unspecified atom stereocenters. The van der Waals surface area contributed by atoms with Crippen molar-refractivity contribution in [2.24, 2.45) is 0 Å². The smallest absolute Gasteiger partial charge is 0.296 e. The van der Waals surface area contributed by atoms with Crippen molar-refractivity contribution in [2.75, 3.05) is 57.6 Å². The van der Waals surface area contributed by atoms with Crippen LogP contribution < -0.4 is 20.5 Å². The van der Waals surface area contributed by atoms with Crippen molar-refractivity contribution in [2.45, 2.75) is 26.2 Å². The Hall–Kier alpha value is -3.62. The van der Waals surface area contributed by atoms with Gasteiger partial charge in [0, 0.05) is 30.6 Å². The monoisotopic (exact) mass is 505 g/mol. The zero-order chi connectivity index (χ0) is 26.6. The maximum Gasteiger partial charge on any atom is 0.296 e. The number of nitrogens with zero attached hydrogens (tertiary/aromatic N) is 1. The van der Waals surface area contributed by atoms with E-state index in [-0.39, 0.29) is 5.41 Å². The molecule has 1 amide bonds. The van der Waals surface area contributed by atoms with Gasteiger partial charge in [0.25, 0.3) is 11.7 Å². The normalized spacial score (nSPS) is 14.4. The van der Waals surface area contributed by atoms with Crippen LogP contribution in [0.3, 0.4) is 0 Å². The van der Waals surface area contributed by atoms with E-state index in [1.54, 1.807) is 18.2 Å². The summed E-state index contributed by atoms with van der Waals surface area (Å²) < 4.78 is 16.9. The largest absolute Gasteiger partial charge is 0.492 e. The summed E-state index contributed by atoms with van der Waals surface area (Å²) >= 11 is 0. The number of carbonyl (C=O) groups excluding carboxylic acids is 2. The van der Waals surface area contributed by atoms with Gasteiger partial charge in [-0.2, -0.15) is 0 Å². The number of nitrogen functional groups attached to an aromatic ring is 1. The number of ether oxygens (including phenoxy) is 3. The Balaban J connectivity index is 1.56. The van der Waals surface area contributed by atoms with Gasteiger partial charge in [-0.25, -0.2) is 0 Å². The highest BCUT2D eigenvalue weighted by Gasteiger charge is 2.24. The molecular formula is C29H35N3O5. The number of anilines is 2. The third kappa shape index (κ3) is 6.03. The van der Waals surface area contributed by atoms with Crippen molar-refractivity contribution in [3.63, 3.8) is 0 Å². The second-order valence-corrected chi connectivity index (χ2v) is 10.1. The molecule has 1 aliphatic heterocycles. The van der Waals surface area contributed by atoms with E-state index >= 15 is 0 Å². The minimum Gasteiger partial charge on any atom is -0.492 e. The molecule has 0 aromatic heterocycles. The summed E-state index contributed by atoms with van der Waals surface area (Å²) in [6, 6.07) is 14.5. The lowest BCUT2D eigenvalue weighted by atomic mass is 9.86. The van der Waals surface area contributed by atoms with Crippen molar-refractivity contribution < 1.29 is 23.8 Å². The van der Waals surface area contributed by atoms with Crippen molar-refractivity contribution >= 4 is 33.8 Å². The molecule has 196 valence electrons. The van der Waals surface area contributed by atoms with Gasteiger partial charge in [0.15, 0.2) is 5.75 Å². The minimum atomic E-state index is -0.769. The third-order valence-corrected chi connectivity index (χ3v) is 6.54. The molecule has 0 saturated carbocycles. The molecule has 0 bridgehead atoms. The number of fused-ring (bicyclic) bond motifs is 1. The van der Waals surface area contributed by atoms with Crippen LogP contribution >= 0.6 is 0 Å². The summed E-state index contributed by atoms with van der Waals surface area (Å²) in [4.78, 5) is 28.7. The van der Waals surface area contributed by atoms with Crippen LogP contribution in [0.1, 0.15) is 36.7 Å². The van der Waals surface area contributed by atoms with Gasteiger partial charge in [0.1, 0.15) is 12.4 Å². The molecule has 0 spiro atoms. The lowest BCUT2D eigenvalue weighted by Gasteiger charge is -2.26. The third-order valence-electron chi connectivity index (χ3n) is 6.54. The lowest BCUT2D eigenvalue weighted by Crippen LogP contribution is -2.38. The first-order chi connectivity index (χ1) is 17.7. The van der Waals surface area contributed by atoms with Gasteiger partial charge in [-0.1, -0.05) is 45.0 Å². The number of benzene rings is 3. The maximum absolute atomic E-state index is 13.3. The van der Waals surface area contributed by atoms with E-state index in [1.165, 1.54) is 7.11 Å². The van der Waals surface area contributed by atoms with Gasteiger partial charge in [-0.3, -0.25) is 14.5 Å². The second kappa shape index (κ2) is 11.2. The number of nitrogens with two attached hydrogens (primary N) is 1. The molecular weight excluding hydrogens is 470 g/mol. The summed E-state index contributed by atoms with van der Waals surface area (Å²) in [7, 11) is 1.48. The molecule has 4 rings (SSSR count). The van der Waals surface area contributed by atoms with E-state index in [4.69, 9.17) is 19.9 Å². The number of ketones is 1. The predicted octanol–water partition coefficient (Wildman–Crippen LogP) is 4.26. The van der Waals surface area contributed by atoms with Crippen LogP contribution in [0.2, 0.25) is 0 Å². The van der Waals surface area contributed by atoms with Crippen LogP contribution in [-0.4, -0.2) is 63.2 Å². The van der Waals surface area contributed by atoms with Crippen molar-refractivity contribution in [3.05, 3.63) is 59.7 Å². The summed E-state index contributed by atoms with van der Waals surface area (Å²) in [5.41, 5.74) is 7.94. The Labute approximate surface area is 217 Å². The zero-order valence-electron chi connectivity index (χ0n) is 21.9. The van der Waals surface area contributed by atoms with E-state index in [0.717, 1.165) is 43.8 Å². The summed E-state index contributed by atoms with van der Waals surface area (Å²) in [5, 5.41) is 4.15. The quantitative estimate of drug-likeness (QED) is 0.268.